The van der Waals surface area contributed by atoms with E-state index in [2.05, 4.69) is 10.2 Å². The van der Waals surface area contributed by atoms with Crippen LogP contribution in [-0.2, 0) is 11.3 Å². The van der Waals surface area contributed by atoms with Crippen LogP contribution in [0.5, 0.6) is 5.75 Å². The van der Waals surface area contributed by atoms with Crippen molar-refractivity contribution in [1.29, 1.82) is 0 Å². The summed E-state index contributed by atoms with van der Waals surface area (Å²) in [6.07, 6.45) is 0.269. The van der Waals surface area contributed by atoms with Gasteiger partial charge in [-0.15, -0.1) is 10.2 Å². The van der Waals surface area contributed by atoms with Crippen molar-refractivity contribution in [3.05, 3.63) is 35.5 Å². The largest absolute Gasteiger partial charge is 0.489 e. The molecule has 2 amide bonds. The second-order valence-electron chi connectivity index (χ2n) is 7.13. The van der Waals surface area contributed by atoms with E-state index in [1.165, 1.54) is 4.90 Å². The molecular formula is C19H25N5O4. The number of ether oxygens (including phenoxy) is 1. The fraction of sp³-hybridized carbons (Fsp3) is 0.474. The van der Waals surface area contributed by atoms with E-state index in [0.29, 0.717) is 29.7 Å². The summed E-state index contributed by atoms with van der Waals surface area (Å²) in [5, 5.41) is 7.69. The SMILES string of the molecule is Cc1nnc(CN(C)C(=O)C[C@@H]2COc3ccc(C(=O)N(C)C)cc3N2C)o1. The Kier molecular flexibility index (Phi) is 5.53. The molecule has 1 atom stereocenters. The van der Waals surface area contributed by atoms with E-state index in [1.54, 1.807) is 51.2 Å². The van der Waals surface area contributed by atoms with Crippen molar-refractivity contribution in [3.8, 4) is 5.75 Å². The Morgan fingerprint density at radius 2 is 2.00 bits per heavy atom. The van der Waals surface area contributed by atoms with Gasteiger partial charge in [-0.25, -0.2) is 0 Å². The van der Waals surface area contributed by atoms with Crippen molar-refractivity contribution in [2.24, 2.45) is 0 Å². The van der Waals surface area contributed by atoms with Crippen molar-refractivity contribution < 1.29 is 18.7 Å². The highest BCUT2D eigenvalue weighted by Crippen LogP contribution is 2.34. The van der Waals surface area contributed by atoms with Gasteiger partial charge in [0, 0.05) is 40.7 Å². The van der Waals surface area contributed by atoms with Crippen molar-refractivity contribution in [1.82, 2.24) is 20.0 Å². The Labute approximate surface area is 163 Å². The first-order valence-corrected chi connectivity index (χ1v) is 9.00. The highest BCUT2D eigenvalue weighted by Gasteiger charge is 2.29. The minimum Gasteiger partial charge on any atom is -0.489 e. The van der Waals surface area contributed by atoms with Crippen molar-refractivity contribution in [3.63, 3.8) is 0 Å². The molecule has 0 aliphatic carbocycles. The number of aromatic nitrogens is 2. The highest BCUT2D eigenvalue weighted by molar-refractivity contribution is 5.95. The molecule has 0 spiro atoms. The second kappa shape index (κ2) is 7.87. The van der Waals surface area contributed by atoms with Crippen LogP contribution in [0.2, 0.25) is 0 Å². The molecule has 0 saturated heterocycles. The number of rotatable bonds is 5. The van der Waals surface area contributed by atoms with Crippen LogP contribution in [0.4, 0.5) is 5.69 Å². The van der Waals surface area contributed by atoms with Crippen molar-refractivity contribution >= 4 is 17.5 Å². The maximum atomic E-state index is 12.6. The van der Waals surface area contributed by atoms with Crippen LogP contribution in [0.15, 0.2) is 22.6 Å². The number of aryl methyl sites for hydroxylation is 1. The molecule has 0 radical (unpaired) electrons. The van der Waals surface area contributed by atoms with Gasteiger partial charge in [-0.05, 0) is 18.2 Å². The zero-order valence-corrected chi connectivity index (χ0v) is 16.8. The van der Waals surface area contributed by atoms with Crippen LogP contribution in [0.1, 0.15) is 28.6 Å². The van der Waals surface area contributed by atoms with Crippen molar-refractivity contribution in [2.75, 3.05) is 39.7 Å². The third-order valence-electron chi connectivity index (χ3n) is 4.75. The maximum absolute atomic E-state index is 12.6. The lowest BCUT2D eigenvalue weighted by Gasteiger charge is -2.36. The number of likely N-dealkylation sites (N-methyl/N-ethyl adjacent to an activating group) is 1. The van der Waals surface area contributed by atoms with Gasteiger partial charge < -0.3 is 23.9 Å². The molecule has 1 aromatic carbocycles. The molecule has 9 heteroatoms. The zero-order chi connectivity index (χ0) is 20.4. The van der Waals surface area contributed by atoms with Gasteiger partial charge in [-0.3, -0.25) is 9.59 Å². The molecule has 0 fully saturated rings. The minimum absolute atomic E-state index is 0.0553. The average Bonchev–Trinajstić information content (AvgIpc) is 3.07. The predicted octanol–water partition coefficient (Wildman–Crippen LogP) is 1.33. The van der Waals surface area contributed by atoms with E-state index < -0.39 is 0 Å². The van der Waals surface area contributed by atoms with Crippen LogP contribution in [0, 0.1) is 6.92 Å². The number of carbonyl (C=O) groups is 2. The number of nitrogens with zero attached hydrogens (tertiary/aromatic N) is 5. The quantitative estimate of drug-likeness (QED) is 0.764. The minimum atomic E-state index is -0.142. The lowest BCUT2D eigenvalue weighted by Crippen LogP contribution is -2.44. The molecule has 150 valence electrons. The number of benzene rings is 1. The molecule has 3 rings (SSSR count). The van der Waals surface area contributed by atoms with Gasteiger partial charge in [0.1, 0.15) is 12.4 Å². The van der Waals surface area contributed by atoms with Crippen LogP contribution < -0.4 is 9.64 Å². The standard InChI is InChI=1S/C19H25N5O4/c1-12-20-21-17(28-12)10-23(4)18(25)9-14-11-27-16-7-6-13(19(26)22(2)3)8-15(16)24(14)5/h6-8,14H,9-11H2,1-5H3/t14-/m1/s1. The number of hydrogen-bond donors (Lipinski definition) is 0. The topological polar surface area (TPSA) is 92.0 Å². The van der Waals surface area contributed by atoms with Gasteiger partial charge in [0.15, 0.2) is 0 Å². The van der Waals surface area contributed by atoms with E-state index >= 15 is 0 Å². The molecule has 1 aliphatic heterocycles. The summed E-state index contributed by atoms with van der Waals surface area (Å²) in [5.74, 6) is 1.44. The Hall–Kier alpha value is -3.10. The molecule has 28 heavy (non-hydrogen) atoms. The lowest BCUT2D eigenvalue weighted by molar-refractivity contribution is -0.131. The molecule has 1 aromatic heterocycles. The molecule has 2 heterocycles. The van der Waals surface area contributed by atoms with E-state index in [4.69, 9.17) is 9.15 Å². The summed E-state index contributed by atoms with van der Waals surface area (Å²) in [6, 6.07) is 5.21. The van der Waals surface area contributed by atoms with Gasteiger partial charge >= 0.3 is 0 Å². The third kappa shape index (κ3) is 4.08. The summed E-state index contributed by atoms with van der Waals surface area (Å²) in [6.45, 7) is 2.36. The average molecular weight is 387 g/mol. The molecule has 1 aliphatic rings. The predicted molar refractivity (Wildman–Crippen MR) is 102 cm³/mol. The van der Waals surface area contributed by atoms with Gasteiger partial charge in [0.2, 0.25) is 17.7 Å². The first-order valence-electron chi connectivity index (χ1n) is 9.00. The second-order valence-corrected chi connectivity index (χ2v) is 7.13. The monoisotopic (exact) mass is 387 g/mol. The smallest absolute Gasteiger partial charge is 0.253 e. The number of amides is 2. The number of fused-ring (bicyclic) bond motifs is 1. The number of carbonyl (C=O) groups excluding carboxylic acids is 2. The van der Waals surface area contributed by atoms with Crippen LogP contribution in [-0.4, -0.2) is 72.7 Å². The summed E-state index contributed by atoms with van der Waals surface area (Å²) < 4.78 is 11.2. The zero-order valence-electron chi connectivity index (χ0n) is 16.8. The van der Waals surface area contributed by atoms with Gasteiger partial charge in [-0.2, -0.15) is 0 Å². The first-order chi connectivity index (χ1) is 13.3. The summed E-state index contributed by atoms with van der Waals surface area (Å²) in [7, 11) is 7.03. The summed E-state index contributed by atoms with van der Waals surface area (Å²) in [4.78, 5) is 30.0. The number of anilines is 1. The third-order valence-corrected chi connectivity index (χ3v) is 4.75. The Morgan fingerprint density at radius 3 is 2.64 bits per heavy atom. The number of hydrogen-bond acceptors (Lipinski definition) is 7. The van der Waals surface area contributed by atoms with E-state index in [0.717, 1.165) is 5.69 Å². The first kappa shape index (κ1) is 19.7. The van der Waals surface area contributed by atoms with E-state index in [9.17, 15) is 9.59 Å². The van der Waals surface area contributed by atoms with Gasteiger partial charge in [-0.1, -0.05) is 0 Å². The fourth-order valence-corrected chi connectivity index (χ4v) is 3.05. The van der Waals surface area contributed by atoms with E-state index in [-0.39, 0.29) is 30.8 Å². The van der Waals surface area contributed by atoms with Crippen LogP contribution in [0.3, 0.4) is 0 Å². The molecule has 0 N–H and O–H groups in total. The van der Waals surface area contributed by atoms with Crippen LogP contribution in [0.25, 0.3) is 0 Å². The van der Waals surface area contributed by atoms with Crippen molar-refractivity contribution in [2.45, 2.75) is 25.9 Å². The summed E-state index contributed by atoms with van der Waals surface area (Å²) >= 11 is 0. The Balaban J connectivity index is 1.69. The van der Waals surface area contributed by atoms with Gasteiger partial charge in [0.05, 0.1) is 24.7 Å². The molecule has 0 bridgehead atoms. The normalized spacial score (nSPS) is 15.6. The highest BCUT2D eigenvalue weighted by atomic mass is 16.5. The maximum Gasteiger partial charge on any atom is 0.253 e. The fourth-order valence-electron chi connectivity index (χ4n) is 3.05. The molecule has 9 nitrogen and oxygen atoms in total. The molecule has 0 unspecified atom stereocenters. The molecule has 0 saturated carbocycles. The lowest BCUT2D eigenvalue weighted by atomic mass is 10.1. The molecule has 2 aromatic rings. The molecular weight excluding hydrogens is 362 g/mol. The van der Waals surface area contributed by atoms with E-state index in [1.807, 2.05) is 11.9 Å². The van der Waals surface area contributed by atoms with Gasteiger partial charge in [0.25, 0.3) is 5.91 Å². The Bertz CT molecular complexity index is 879. The van der Waals surface area contributed by atoms with Crippen LogP contribution >= 0.6 is 0 Å². The Morgan fingerprint density at radius 1 is 1.25 bits per heavy atom. The summed E-state index contributed by atoms with van der Waals surface area (Å²) in [5.41, 5.74) is 1.38.